The van der Waals surface area contributed by atoms with E-state index in [1.54, 1.807) is 0 Å². The van der Waals surface area contributed by atoms with E-state index in [1.165, 1.54) is 38.7 Å². The molecule has 23 heavy (non-hydrogen) atoms. The smallest absolute Gasteiger partial charge is 0.304 e. The minimum absolute atomic E-state index is 0.0222. The number of carbonyl (C=O) groups is 3. The van der Waals surface area contributed by atoms with Gasteiger partial charge in [-0.05, 0) is 6.08 Å². The number of hydrogen-bond acceptors (Lipinski definition) is 8. The zero-order valence-corrected chi connectivity index (χ0v) is 13.4. The van der Waals surface area contributed by atoms with E-state index in [-0.39, 0.29) is 25.0 Å². The van der Waals surface area contributed by atoms with Crippen LogP contribution in [0.15, 0.2) is 24.0 Å². The Hall–Kier alpha value is -2.01. The fourth-order valence-corrected chi connectivity index (χ4v) is 4.24. The molecule has 0 radical (unpaired) electrons. The molecule has 0 spiro atoms. The van der Waals surface area contributed by atoms with Crippen LogP contribution in [-0.2, 0) is 14.4 Å². The number of carbonyl (C=O) groups excluding carboxylic acids is 2. The maximum absolute atomic E-state index is 11.9. The predicted octanol–water partition coefficient (Wildman–Crippen LogP) is 1.22. The molecule has 0 aromatic rings. The fourth-order valence-electron chi connectivity index (χ4n) is 1.95. The standard InChI is InChI=1S/C12H13N3O6S2/c16-9-2-3-10(17)14(9)13-7-8(15(20)21)1-4-11(13)23-22-6-5-12(18)19/h1,4,7,11H,2-3,5-6H2,(H,18,19). The molecule has 124 valence electrons. The second-order valence-electron chi connectivity index (χ2n) is 4.60. The summed E-state index contributed by atoms with van der Waals surface area (Å²) >= 11 is 0. The topological polar surface area (TPSA) is 121 Å². The number of carboxylic acid groups (broad SMARTS) is 1. The Morgan fingerprint density at radius 2 is 2.04 bits per heavy atom. The molecule has 2 heterocycles. The second-order valence-corrected chi connectivity index (χ2v) is 7.21. The number of hydrazine groups is 1. The maximum Gasteiger partial charge on any atom is 0.304 e. The van der Waals surface area contributed by atoms with Crippen molar-refractivity contribution < 1.29 is 24.4 Å². The molecule has 2 rings (SSSR count). The number of hydrogen-bond donors (Lipinski definition) is 1. The van der Waals surface area contributed by atoms with Crippen LogP contribution < -0.4 is 0 Å². The number of rotatable bonds is 7. The van der Waals surface area contributed by atoms with E-state index in [9.17, 15) is 24.5 Å². The molecular weight excluding hydrogens is 346 g/mol. The SMILES string of the molecule is O=C(O)CCSSC1C=CC([N+](=O)[O-])=CN1N1C(=O)CCC1=O. The molecule has 1 saturated heterocycles. The van der Waals surface area contributed by atoms with Gasteiger partial charge in [-0.1, -0.05) is 21.6 Å². The Balaban J connectivity index is 2.11. The van der Waals surface area contributed by atoms with Crippen molar-refractivity contribution in [2.24, 2.45) is 0 Å². The molecule has 0 aromatic carbocycles. The molecule has 0 bridgehead atoms. The first kappa shape index (κ1) is 17.3. The number of carboxylic acids is 1. The highest BCUT2D eigenvalue weighted by molar-refractivity contribution is 8.77. The van der Waals surface area contributed by atoms with E-state index in [1.807, 2.05) is 0 Å². The van der Waals surface area contributed by atoms with Gasteiger partial charge in [0.05, 0.1) is 11.3 Å². The van der Waals surface area contributed by atoms with Crippen molar-refractivity contribution in [3.8, 4) is 0 Å². The first-order valence-corrected chi connectivity index (χ1v) is 8.97. The van der Waals surface area contributed by atoms with Crippen molar-refractivity contribution in [1.82, 2.24) is 10.0 Å². The van der Waals surface area contributed by atoms with E-state index >= 15 is 0 Å². The molecular formula is C12H13N3O6S2. The number of allylic oxidation sites excluding steroid dienone is 1. The van der Waals surface area contributed by atoms with Gasteiger partial charge in [-0.3, -0.25) is 29.5 Å². The third-order valence-corrected chi connectivity index (χ3v) is 5.57. The Morgan fingerprint density at radius 1 is 1.39 bits per heavy atom. The minimum atomic E-state index is -0.922. The summed E-state index contributed by atoms with van der Waals surface area (Å²) in [5.74, 6) is -1.41. The summed E-state index contributed by atoms with van der Waals surface area (Å²) in [5.41, 5.74) is -0.232. The van der Waals surface area contributed by atoms with Crippen LogP contribution in [-0.4, -0.2) is 49.0 Å². The van der Waals surface area contributed by atoms with E-state index in [4.69, 9.17) is 5.11 Å². The van der Waals surface area contributed by atoms with Crippen LogP contribution in [0.4, 0.5) is 0 Å². The van der Waals surface area contributed by atoms with Crippen molar-refractivity contribution in [3.63, 3.8) is 0 Å². The van der Waals surface area contributed by atoms with Gasteiger partial charge < -0.3 is 5.11 Å². The predicted molar refractivity (Wildman–Crippen MR) is 83.2 cm³/mol. The third-order valence-electron chi connectivity index (χ3n) is 2.99. The lowest BCUT2D eigenvalue weighted by molar-refractivity contribution is -0.420. The van der Waals surface area contributed by atoms with Crippen molar-refractivity contribution >= 4 is 39.4 Å². The van der Waals surface area contributed by atoms with Crippen LogP contribution in [0.1, 0.15) is 19.3 Å². The molecule has 1 unspecified atom stereocenters. The highest BCUT2D eigenvalue weighted by Crippen LogP contribution is 2.35. The zero-order valence-electron chi connectivity index (χ0n) is 11.8. The molecule has 11 heteroatoms. The Bertz CT molecular complexity index is 590. The van der Waals surface area contributed by atoms with Crippen LogP contribution in [0.2, 0.25) is 0 Å². The van der Waals surface area contributed by atoms with E-state index in [0.717, 1.165) is 11.2 Å². The summed E-state index contributed by atoms with van der Waals surface area (Å²) < 4.78 is 0. The lowest BCUT2D eigenvalue weighted by Gasteiger charge is -2.34. The summed E-state index contributed by atoms with van der Waals surface area (Å²) in [6.45, 7) is 0. The van der Waals surface area contributed by atoms with Crippen LogP contribution in [0.3, 0.4) is 0 Å². The van der Waals surface area contributed by atoms with Gasteiger partial charge in [0.25, 0.3) is 5.70 Å². The Morgan fingerprint density at radius 3 is 2.61 bits per heavy atom. The maximum atomic E-state index is 11.9. The molecule has 2 aliphatic heterocycles. The molecule has 2 aliphatic rings. The number of nitrogens with zero attached hydrogens (tertiary/aromatic N) is 3. The fraction of sp³-hybridized carbons (Fsp3) is 0.417. The molecule has 0 aliphatic carbocycles. The average molecular weight is 359 g/mol. The summed E-state index contributed by atoms with van der Waals surface area (Å²) in [6.07, 6.45) is 4.09. The zero-order chi connectivity index (χ0) is 17.0. The molecule has 1 atom stereocenters. The van der Waals surface area contributed by atoms with Crippen molar-refractivity contribution in [3.05, 3.63) is 34.2 Å². The van der Waals surface area contributed by atoms with Crippen LogP contribution in [0.5, 0.6) is 0 Å². The second kappa shape index (κ2) is 7.51. The van der Waals surface area contributed by atoms with Gasteiger partial charge in [-0.2, -0.15) is 5.01 Å². The summed E-state index contributed by atoms with van der Waals surface area (Å²) in [5, 5.41) is 21.2. The third kappa shape index (κ3) is 4.26. The molecule has 1 fully saturated rings. The first-order chi connectivity index (χ1) is 10.9. The molecule has 2 amide bonds. The van der Waals surface area contributed by atoms with Gasteiger partial charge in [0, 0.05) is 24.7 Å². The normalized spacial score (nSPS) is 20.9. The van der Waals surface area contributed by atoms with Crippen LogP contribution >= 0.6 is 21.6 Å². The van der Waals surface area contributed by atoms with Gasteiger partial charge >= 0.3 is 5.97 Å². The lowest BCUT2D eigenvalue weighted by Crippen LogP contribution is -2.47. The van der Waals surface area contributed by atoms with E-state index in [2.05, 4.69) is 0 Å². The van der Waals surface area contributed by atoms with Gasteiger partial charge in [-0.15, -0.1) is 0 Å². The van der Waals surface area contributed by atoms with E-state index < -0.39 is 28.1 Å². The average Bonchev–Trinajstić information content (AvgIpc) is 2.82. The number of imide groups is 1. The first-order valence-electron chi connectivity index (χ1n) is 6.58. The minimum Gasteiger partial charge on any atom is -0.481 e. The summed E-state index contributed by atoms with van der Waals surface area (Å²) in [6, 6.07) is 0. The number of nitro groups is 1. The number of amides is 2. The Kier molecular flexibility index (Phi) is 5.66. The lowest BCUT2D eigenvalue weighted by atomic mass is 10.3. The molecule has 0 aromatic heterocycles. The summed E-state index contributed by atoms with van der Waals surface area (Å²) in [4.78, 5) is 44.6. The Labute approximate surface area is 138 Å². The van der Waals surface area contributed by atoms with Gasteiger partial charge in [0.15, 0.2) is 0 Å². The highest BCUT2D eigenvalue weighted by Gasteiger charge is 2.38. The number of aliphatic carboxylic acids is 1. The quantitative estimate of drug-likeness (QED) is 0.235. The molecule has 9 nitrogen and oxygen atoms in total. The molecule has 0 saturated carbocycles. The van der Waals surface area contributed by atoms with Crippen LogP contribution in [0.25, 0.3) is 0 Å². The van der Waals surface area contributed by atoms with Crippen LogP contribution in [0, 0.1) is 10.1 Å². The van der Waals surface area contributed by atoms with Gasteiger partial charge in [0.2, 0.25) is 11.8 Å². The molecule has 1 N–H and O–H groups in total. The van der Waals surface area contributed by atoms with Crippen molar-refractivity contribution in [2.75, 3.05) is 5.75 Å². The summed E-state index contributed by atoms with van der Waals surface area (Å²) in [7, 11) is 2.49. The van der Waals surface area contributed by atoms with Gasteiger partial charge in [0.1, 0.15) is 11.6 Å². The van der Waals surface area contributed by atoms with E-state index in [0.29, 0.717) is 5.75 Å². The largest absolute Gasteiger partial charge is 0.481 e. The highest BCUT2D eigenvalue weighted by atomic mass is 33.1. The van der Waals surface area contributed by atoms with Gasteiger partial charge in [-0.25, -0.2) is 0 Å². The monoisotopic (exact) mass is 359 g/mol. The van der Waals surface area contributed by atoms with Crippen molar-refractivity contribution in [1.29, 1.82) is 0 Å². The van der Waals surface area contributed by atoms with Crippen molar-refractivity contribution in [2.45, 2.75) is 24.6 Å².